The number of nitrogens with zero attached hydrogens (tertiary/aromatic N) is 1. The minimum absolute atomic E-state index is 0.0562. The van der Waals surface area contributed by atoms with E-state index in [2.05, 4.69) is 6.58 Å². The molecule has 0 spiro atoms. The first-order chi connectivity index (χ1) is 12.1. The molecule has 0 radical (unpaired) electrons. The van der Waals surface area contributed by atoms with Crippen LogP contribution in [0.15, 0.2) is 47.9 Å². The van der Waals surface area contributed by atoms with Crippen molar-refractivity contribution in [2.75, 3.05) is 18.1 Å². The maximum absolute atomic E-state index is 12.4. The molecular formula is C17H18F3NO3S2. The van der Waals surface area contributed by atoms with Crippen LogP contribution in [-0.2, 0) is 14.6 Å². The number of hydrogen-bond acceptors (Lipinski definition) is 4. The summed E-state index contributed by atoms with van der Waals surface area (Å²) >= 11 is -0.205. The average molecular weight is 405 g/mol. The summed E-state index contributed by atoms with van der Waals surface area (Å²) in [6.45, 7) is 3.81. The number of sulfone groups is 1. The van der Waals surface area contributed by atoms with Gasteiger partial charge in [0.1, 0.15) is 0 Å². The number of carbonyl (C=O) groups is 1. The second-order valence-corrected chi connectivity index (χ2v) is 9.15. The molecule has 1 fully saturated rings. The van der Waals surface area contributed by atoms with Crippen molar-refractivity contribution in [3.63, 3.8) is 0 Å². The maximum atomic E-state index is 12.4. The van der Waals surface area contributed by atoms with Crippen LogP contribution in [0.1, 0.15) is 12.0 Å². The Morgan fingerprint density at radius 3 is 2.46 bits per heavy atom. The molecule has 26 heavy (non-hydrogen) atoms. The number of hydrogen-bond donors (Lipinski definition) is 0. The zero-order valence-electron chi connectivity index (χ0n) is 13.8. The van der Waals surface area contributed by atoms with Crippen LogP contribution in [-0.4, -0.2) is 48.8 Å². The summed E-state index contributed by atoms with van der Waals surface area (Å²) in [5.41, 5.74) is -3.78. The van der Waals surface area contributed by atoms with E-state index in [1.165, 1.54) is 47.4 Å². The third kappa shape index (κ3) is 6.21. The molecule has 1 aliphatic heterocycles. The molecule has 0 N–H and O–H groups in total. The lowest BCUT2D eigenvalue weighted by atomic mass is 10.2. The lowest BCUT2D eigenvalue weighted by Gasteiger charge is -2.25. The molecule has 1 aliphatic rings. The van der Waals surface area contributed by atoms with E-state index in [0.29, 0.717) is 12.0 Å². The van der Waals surface area contributed by atoms with E-state index in [0.717, 1.165) is 0 Å². The molecule has 142 valence electrons. The second kappa shape index (κ2) is 8.30. The predicted octanol–water partition coefficient (Wildman–Crippen LogP) is 3.51. The van der Waals surface area contributed by atoms with Gasteiger partial charge in [-0.3, -0.25) is 4.79 Å². The fourth-order valence-electron chi connectivity index (χ4n) is 2.62. The van der Waals surface area contributed by atoms with Gasteiger partial charge >= 0.3 is 5.51 Å². The van der Waals surface area contributed by atoms with Gasteiger partial charge in [0.25, 0.3) is 0 Å². The molecule has 0 aromatic heterocycles. The van der Waals surface area contributed by atoms with Gasteiger partial charge in [0.05, 0.1) is 11.5 Å². The fraction of sp³-hybridized carbons (Fsp3) is 0.353. The van der Waals surface area contributed by atoms with Crippen molar-refractivity contribution in [2.45, 2.75) is 22.9 Å². The molecule has 1 heterocycles. The number of thioether (sulfide) groups is 1. The van der Waals surface area contributed by atoms with Crippen LogP contribution in [0.2, 0.25) is 0 Å². The number of amides is 1. The number of halogens is 3. The summed E-state index contributed by atoms with van der Waals surface area (Å²) in [4.78, 5) is 13.9. The highest BCUT2D eigenvalue weighted by Crippen LogP contribution is 2.36. The van der Waals surface area contributed by atoms with Gasteiger partial charge in [-0.2, -0.15) is 13.2 Å². The molecule has 0 bridgehead atoms. The minimum Gasteiger partial charge on any atom is -0.331 e. The Labute approximate surface area is 154 Å². The van der Waals surface area contributed by atoms with Crippen LogP contribution < -0.4 is 0 Å². The molecule has 1 saturated heterocycles. The second-order valence-electron chi connectivity index (χ2n) is 5.79. The smallest absolute Gasteiger partial charge is 0.331 e. The van der Waals surface area contributed by atoms with Crippen LogP contribution in [0.3, 0.4) is 0 Å². The van der Waals surface area contributed by atoms with Gasteiger partial charge in [0.15, 0.2) is 9.84 Å². The monoisotopic (exact) mass is 405 g/mol. The topological polar surface area (TPSA) is 54.5 Å². The number of benzene rings is 1. The number of alkyl halides is 3. The summed E-state index contributed by atoms with van der Waals surface area (Å²) in [5, 5.41) is 0. The first-order valence-corrected chi connectivity index (χ1v) is 10.4. The average Bonchev–Trinajstić information content (AvgIpc) is 2.90. The SMILES string of the molecule is C=CCN(C(=O)C=Cc1ccc(SC(F)(F)F)cc1)C1CCS(=O)(=O)C1. The number of carbonyl (C=O) groups excluding carboxylic acids is 1. The Morgan fingerprint density at radius 1 is 1.31 bits per heavy atom. The summed E-state index contributed by atoms with van der Waals surface area (Å²) in [5.74, 6) is -0.370. The first-order valence-electron chi connectivity index (χ1n) is 7.75. The molecule has 1 aromatic carbocycles. The van der Waals surface area contributed by atoms with Crippen LogP contribution in [0.5, 0.6) is 0 Å². The van der Waals surface area contributed by atoms with Crippen molar-refractivity contribution >= 4 is 33.6 Å². The van der Waals surface area contributed by atoms with E-state index in [-0.39, 0.29) is 46.7 Å². The van der Waals surface area contributed by atoms with E-state index in [1.807, 2.05) is 0 Å². The van der Waals surface area contributed by atoms with Gasteiger partial charge in [-0.1, -0.05) is 18.2 Å². The molecule has 1 aromatic rings. The van der Waals surface area contributed by atoms with Gasteiger partial charge in [-0.15, -0.1) is 6.58 Å². The summed E-state index contributed by atoms with van der Waals surface area (Å²) in [6.07, 6.45) is 4.70. The molecule has 1 atom stereocenters. The van der Waals surface area contributed by atoms with Gasteiger partial charge in [-0.25, -0.2) is 8.42 Å². The van der Waals surface area contributed by atoms with E-state index >= 15 is 0 Å². The zero-order chi connectivity index (χ0) is 19.4. The number of rotatable bonds is 6. The molecule has 1 amide bonds. The molecule has 2 rings (SSSR count). The first kappa shape index (κ1) is 20.6. The van der Waals surface area contributed by atoms with E-state index in [9.17, 15) is 26.4 Å². The lowest BCUT2D eigenvalue weighted by Crippen LogP contribution is -2.40. The minimum atomic E-state index is -4.35. The van der Waals surface area contributed by atoms with Crippen molar-refractivity contribution in [2.24, 2.45) is 0 Å². The van der Waals surface area contributed by atoms with Crippen LogP contribution in [0.25, 0.3) is 6.08 Å². The van der Waals surface area contributed by atoms with Crippen LogP contribution in [0.4, 0.5) is 13.2 Å². The van der Waals surface area contributed by atoms with Crippen molar-refractivity contribution in [3.8, 4) is 0 Å². The quantitative estimate of drug-likeness (QED) is 0.413. The van der Waals surface area contributed by atoms with Gasteiger partial charge < -0.3 is 4.90 Å². The lowest BCUT2D eigenvalue weighted by molar-refractivity contribution is -0.127. The molecule has 4 nitrogen and oxygen atoms in total. The highest BCUT2D eigenvalue weighted by Gasteiger charge is 2.33. The zero-order valence-corrected chi connectivity index (χ0v) is 15.4. The van der Waals surface area contributed by atoms with Gasteiger partial charge in [-0.05, 0) is 42.0 Å². The molecule has 0 aliphatic carbocycles. The van der Waals surface area contributed by atoms with E-state index in [1.54, 1.807) is 0 Å². The van der Waals surface area contributed by atoms with Crippen LogP contribution in [0, 0.1) is 0 Å². The van der Waals surface area contributed by atoms with Gasteiger partial charge in [0, 0.05) is 23.6 Å². The molecule has 0 saturated carbocycles. The van der Waals surface area contributed by atoms with Crippen LogP contribution >= 0.6 is 11.8 Å². The van der Waals surface area contributed by atoms with Crippen molar-refractivity contribution in [1.82, 2.24) is 4.90 Å². The third-order valence-corrected chi connectivity index (χ3v) is 6.28. The summed E-state index contributed by atoms with van der Waals surface area (Å²) in [6, 6.07) is 5.23. The maximum Gasteiger partial charge on any atom is 0.446 e. The Bertz CT molecular complexity index is 786. The third-order valence-electron chi connectivity index (χ3n) is 3.79. The Morgan fingerprint density at radius 2 is 1.96 bits per heavy atom. The van der Waals surface area contributed by atoms with Crippen molar-refractivity contribution < 1.29 is 26.4 Å². The molecular weight excluding hydrogens is 387 g/mol. The molecule has 1 unspecified atom stereocenters. The van der Waals surface area contributed by atoms with E-state index in [4.69, 9.17) is 0 Å². The van der Waals surface area contributed by atoms with Gasteiger partial charge in [0.2, 0.25) is 5.91 Å². The summed E-state index contributed by atoms with van der Waals surface area (Å²) in [7, 11) is -3.13. The van der Waals surface area contributed by atoms with E-state index < -0.39 is 15.3 Å². The summed E-state index contributed by atoms with van der Waals surface area (Å²) < 4.78 is 60.2. The normalized spacial score (nSPS) is 19.6. The highest BCUT2D eigenvalue weighted by molar-refractivity contribution is 8.00. The standard InChI is InChI=1S/C17H18F3NO3S2/c1-2-10-21(14-9-11-26(23,24)12-14)16(22)8-5-13-3-6-15(7-4-13)25-17(18,19)20/h2-8,14H,1,9-12H2. The Hall–Kier alpha value is -1.74. The fourth-order valence-corrected chi connectivity index (χ4v) is 4.89. The Kier molecular flexibility index (Phi) is 6.57. The van der Waals surface area contributed by atoms with Crippen molar-refractivity contribution in [1.29, 1.82) is 0 Å². The molecule has 9 heteroatoms. The Balaban J connectivity index is 2.05. The predicted molar refractivity (Wildman–Crippen MR) is 96.4 cm³/mol. The largest absolute Gasteiger partial charge is 0.446 e. The van der Waals surface area contributed by atoms with Crippen molar-refractivity contribution in [3.05, 3.63) is 48.6 Å². The highest BCUT2D eigenvalue weighted by atomic mass is 32.2.